The molecule has 0 bridgehead atoms. The van der Waals surface area contributed by atoms with E-state index in [0.29, 0.717) is 11.3 Å². The van der Waals surface area contributed by atoms with Gasteiger partial charge in [-0.1, -0.05) is 18.2 Å². The van der Waals surface area contributed by atoms with Crippen molar-refractivity contribution in [3.05, 3.63) is 65.4 Å². The van der Waals surface area contributed by atoms with E-state index in [0.717, 1.165) is 9.87 Å². The second-order valence-electron chi connectivity index (χ2n) is 5.92. The van der Waals surface area contributed by atoms with Crippen molar-refractivity contribution in [1.29, 1.82) is 0 Å². The van der Waals surface area contributed by atoms with E-state index in [1.54, 1.807) is 49.6 Å². The van der Waals surface area contributed by atoms with E-state index >= 15 is 0 Å². The van der Waals surface area contributed by atoms with Crippen LogP contribution in [0.3, 0.4) is 0 Å². The van der Waals surface area contributed by atoms with Gasteiger partial charge < -0.3 is 9.47 Å². The first kappa shape index (κ1) is 18.8. The number of carbonyl (C=O) groups excluding carboxylic acids is 1. The van der Waals surface area contributed by atoms with Crippen LogP contribution in [0.25, 0.3) is 6.08 Å². The van der Waals surface area contributed by atoms with Crippen LogP contribution in [0.2, 0.25) is 0 Å². The van der Waals surface area contributed by atoms with Crippen LogP contribution in [0.4, 0.5) is 0 Å². The summed E-state index contributed by atoms with van der Waals surface area (Å²) >= 11 is 0. The van der Waals surface area contributed by atoms with Gasteiger partial charge in [-0.05, 0) is 42.0 Å². The minimum Gasteiger partial charge on any atom is -0.497 e. The Bertz CT molecular complexity index is 1040. The molecule has 1 aliphatic heterocycles. The number of methoxy groups -OCH3 is 1. The molecule has 8 heteroatoms. The number of aliphatic imine (C=N–C) groups is 1. The largest absolute Gasteiger partial charge is 0.497 e. The number of carbonyl (C=O) groups is 1. The molecule has 1 heterocycles. The molecule has 0 spiro atoms. The minimum absolute atomic E-state index is 0.0653. The molecule has 2 aromatic carbocycles. The van der Waals surface area contributed by atoms with E-state index in [-0.39, 0.29) is 16.5 Å². The van der Waals surface area contributed by atoms with Gasteiger partial charge in [-0.15, -0.1) is 0 Å². The maximum atomic E-state index is 12.3. The monoisotopic (exact) mass is 386 g/mol. The van der Waals surface area contributed by atoms with E-state index in [1.807, 2.05) is 0 Å². The predicted molar refractivity (Wildman–Crippen MR) is 101 cm³/mol. The summed E-state index contributed by atoms with van der Waals surface area (Å²) in [6.07, 6.45) is 1.59. The predicted octanol–water partition coefficient (Wildman–Crippen LogP) is 2.29. The van der Waals surface area contributed by atoms with Crippen LogP contribution in [0.1, 0.15) is 11.1 Å². The Morgan fingerprint density at radius 2 is 1.81 bits per heavy atom. The maximum Gasteiger partial charge on any atom is 0.363 e. The SMILES string of the molecule is COc1ccc(/C=C2/N=C(c3cccc(S(=O)(=O)N(C)C)c3)OC2=O)cc1. The van der Waals surface area contributed by atoms with Crippen LogP contribution in [-0.2, 0) is 19.6 Å². The topological polar surface area (TPSA) is 85.3 Å². The molecule has 1 aliphatic rings. The molecular weight excluding hydrogens is 368 g/mol. The summed E-state index contributed by atoms with van der Waals surface area (Å²) in [5, 5.41) is 0. The zero-order valence-corrected chi connectivity index (χ0v) is 15.9. The number of sulfonamides is 1. The Kier molecular flexibility index (Phi) is 5.11. The highest BCUT2D eigenvalue weighted by molar-refractivity contribution is 7.89. The van der Waals surface area contributed by atoms with Gasteiger partial charge in [-0.2, -0.15) is 0 Å². The molecule has 0 aromatic heterocycles. The Hall–Kier alpha value is -2.97. The average molecular weight is 386 g/mol. The Labute approximate surface area is 157 Å². The molecule has 3 rings (SSSR count). The summed E-state index contributed by atoms with van der Waals surface area (Å²) < 4.78 is 36.0. The summed E-state index contributed by atoms with van der Waals surface area (Å²) in [6, 6.07) is 13.2. The van der Waals surface area contributed by atoms with E-state index < -0.39 is 16.0 Å². The standard InChI is InChI=1S/C19H18N2O5S/c1-21(2)27(23,24)16-6-4-5-14(12-16)18-20-17(19(22)26-18)11-13-7-9-15(25-3)10-8-13/h4-12H,1-3H3/b17-11+. The maximum absolute atomic E-state index is 12.3. The van der Waals surface area contributed by atoms with Crippen LogP contribution < -0.4 is 4.74 Å². The van der Waals surface area contributed by atoms with Crippen molar-refractivity contribution >= 4 is 28.0 Å². The van der Waals surface area contributed by atoms with E-state index in [2.05, 4.69) is 4.99 Å². The fourth-order valence-corrected chi connectivity index (χ4v) is 3.34. The zero-order chi connectivity index (χ0) is 19.6. The number of ether oxygens (including phenoxy) is 2. The Balaban J connectivity index is 1.93. The van der Waals surface area contributed by atoms with Crippen LogP contribution in [0.15, 0.2) is 64.1 Å². The van der Waals surface area contributed by atoms with Gasteiger partial charge in [-0.25, -0.2) is 22.5 Å². The van der Waals surface area contributed by atoms with Crippen molar-refractivity contribution < 1.29 is 22.7 Å². The van der Waals surface area contributed by atoms with Gasteiger partial charge in [0.05, 0.1) is 12.0 Å². The lowest BCUT2D eigenvalue weighted by molar-refractivity contribution is -0.129. The van der Waals surface area contributed by atoms with Crippen LogP contribution >= 0.6 is 0 Å². The number of hydrogen-bond donors (Lipinski definition) is 0. The van der Waals surface area contributed by atoms with Crippen molar-refractivity contribution in [2.24, 2.45) is 4.99 Å². The zero-order valence-electron chi connectivity index (χ0n) is 15.0. The molecule has 0 aliphatic carbocycles. The second kappa shape index (κ2) is 7.34. The molecular formula is C19H18N2O5S. The van der Waals surface area contributed by atoms with Crippen molar-refractivity contribution in [1.82, 2.24) is 4.31 Å². The first-order valence-electron chi connectivity index (χ1n) is 8.01. The minimum atomic E-state index is -3.60. The smallest absolute Gasteiger partial charge is 0.363 e. The van der Waals surface area contributed by atoms with Crippen LogP contribution in [0.5, 0.6) is 5.75 Å². The quantitative estimate of drug-likeness (QED) is 0.581. The highest BCUT2D eigenvalue weighted by Gasteiger charge is 2.26. The third-order valence-electron chi connectivity index (χ3n) is 3.90. The third-order valence-corrected chi connectivity index (χ3v) is 5.71. The molecule has 0 saturated carbocycles. The molecule has 140 valence electrons. The molecule has 2 aromatic rings. The van der Waals surface area contributed by atoms with Gasteiger partial charge in [0.2, 0.25) is 15.9 Å². The number of cyclic esters (lactones) is 1. The molecule has 7 nitrogen and oxygen atoms in total. The number of nitrogens with zero attached hydrogens (tertiary/aromatic N) is 2. The summed E-state index contributed by atoms with van der Waals surface area (Å²) in [7, 11) is 0.871. The third kappa shape index (κ3) is 3.91. The van der Waals surface area contributed by atoms with Gasteiger partial charge in [0.25, 0.3) is 0 Å². The Morgan fingerprint density at radius 3 is 2.44 bits per heavy atom. The van der Waals surface area contributed by atoms with Crippen molar-refractivity contribution in [2.45, 2.75) is 4.90 Å². The lowest BCUT2D eigenvalue weighted by Crippen LogP contribution is -2.22. The highest BCUT2D eigenvalue weighted by Crippen LogP contribution is 2.22. The number of rotatable bonds is 5. The van der Waals surface area contributed by atoms with Crippen LogP contribution in [-0.4, -0.2) is 45.8 Å². The van der Waals surface area contributed by atoms with E-state index in [9.17, 15) is 13.2 Å². The van der Waals surface area contributed by atoms with Gasteiger partial charge in [-0.3, -0.25) is 0 Å². The number of esters is 1. The molecule has 0 amide bonds. The molecule has 0 unspecified atom stereocenters. The van der Waals surface area contributed by atoms with Gasteiger partial charge in [0.15, 0.2) is 5.70 Å². The summed E-state index contributed by atoms with van der Waals surface area (Å²) in [5.74, 6) is 0.173. The molecule has 27 heavy (non-hydrogen) atoms. The van der Waals surface area contributed by atoms with E-state index in [1.165, 1.54) is 26.2 Å². The van der Waals surface area contributed by atoms with Gasteiger partial charge in [0, 0.05) is 19.7 Å². The van der Waals surface area contributed by atoms with Crippen molar-refractivity contribution in [2.75, 3.05) is 21.2 Å². The summed E-state index contributed by atoms with van der Waals surface area (Å²) in [5.41, 5.74) is 1.30. The first-order chi connectivity index (χ1) is 12.8. The fourth-order valence-electron chi connectivity index (χ4n) is 2.39. The molecule has 0 N–H and O–H groups in total. The summed E-state index contributed by atoms with van der Waals surface area (Å²) in [4.78, 5) is 16.4. The van der Waals surface area contributed by atoms with E-state index in [4.69, 9.17) is 9.47 Å². The highest BCUT2D eigenvalue weighted by atomic mass is 32.2. The molecule has 0 saturated heterocycles. The normalized spacial score (nSPS) is 15.8. The first-order valence-corrected chi connectivity index (χ1v) is 9.45. The van der Waals surface area contributed by atoms with Crippen molar-refractivity contribution in [3.63, 3.8) is 0 Å². The average Bonchev–Trinajstić information content (AvgIpc) is 3.03. The van der Waals surface area contributed by atoms with Gasteiger partial charge >= 0.3 is 5.97 Å². The number of hydrogen-bond acceptors (Lipinski definition) is 6. The summed E-state index contributed by atoms with van der Waals surface area (Å²) in [6.45, 7) is 0. The van der Waals surface area contributed by atoms with Gasteiger partial charge in [0.1, 0.15) is 5.75 Å². The number of benzene rings is 2. The lowest BCUT2D eigenvalue weighted by Gasteiger charge is -2.11. The molecule has 0 atom stereocenters. The van der Waals surface area contributed by atoms with Crippen molar-refractivity contribution in [3.8, 4) is 5.75 Å². The lowest BCUT2D eigenvalue weighted by atomic mass is 10.2. The molecule has 0 fully saturated rings. The van der Waals surface area contributed by atoms with Crippen LogP contribution in [0, 0.1) is 0 Å². The molecule has 0 radical (unpaired) electrons. The Morgan fingerprint density at radius 1 is 1.11 bits per heavy atom. The second-order valence-corrected chi connectivity index (χ2v) is 8.08. The fraction of sp³-hybridized carbons (Fsp3) is 0.158.